The van der Waals surface area contributed by atoms with Crippen LogP contribution in [-0.4, -0.2) is 4.98 Å². The molecule has 3 N–H and O–H groups in total. The third-order valence-corrected chi connectivity index (χ3v) is 3.18. The number of pyridine rings is 1. The van der Waals surface area contributed by atoms with Crippen LogP contribution in [0.5, 0.6) is 0 Å². The summed E-state index contributed by atoms with van der Waals surface area (Å²) < 4.78 is 0.836. The van der Waals surface area contributed by atoms with Crippen LogP contribution in [-0.2, 0) is 0 Å². The molecule has 2 rings (SSSR count). The number of halogens is 2. The van der Waals surface area contributed by atoms with Gasteiger partial charge in [-0.2, -0.15) is 0 Å². The van der Waals surface area contributed by atoms with Crippen LogP contribution in [0.4, 0.5) is 17.3 Å². The molecular weight excluding hydrogens is 289 g/mol. The predicted octanol–water partition coefficient (Wildman–Crippen LogP) is 3.82. The van der Waals surface area contributed by atoms with Crippen LogP contribution in [0.2, 0.25) is 5.02 Å². The number of rotatable bonds is 2. The quantitative estimate of drug-likeness (QED) is 0.886. The molecule has 1 heterocycles. The number of hydrogen-bond acceptors (Lipinski definition) is 3. The molecule has 16 heavy (non-hydrogen) atoms. The van der Waals surface area contributed by atoms with Gasteiger partial charge in [-0.05, 0) is 46.3 Å². The fraction of sp³-hybridized carbons (Fsp3) is 0. The van der Waals surface area contributed by atoms with E-state index in [4.69, 9.17) is 17.3 Å². The minimum absolute atomic E-state index is 0.484. The van der Waals surface area contributed by atoms with E-state index in [0.29, 0.717) is 16.7 Å². The molecule has 0 saturated heterocycles. The van der Waals surface area contributed by atoms with E-state index in [1.165, 1.54) is 0 Å². The molecule has 3 nitrogen and oxygen atoms in total. The molecule has 0 saturated carbocycles. The van der Waals surface area contributed by atoms with Crippen LogP contribution < -0.4 is 11.1 Å². The zero-order valence-electron chi connectivity index (χ0n) is 8.24. The summed E-state index contributed by atoms with van der Waals surface area (Å²) in [4.78, 5) is 4.14. The molecule has 0 amide bonds. The summed E-state index contributed by atoms with van der Waals surface area (Å²) in [7, 11) is 0. The molecule has 82 valence electrons. The van der Waals surface area contributed by atoms with Crippen LogP contribution in [0.1, 0.15) is 0 Å². The normalized spacial score (nSPS) is 10.1. The zero-order valence-corrected chi connectivity index (χ0v) is 10.6. The average Bonchev–Trinajstić information content (AvgIpc) is 2.24. The van der Waals surface area contributed by atoms with E-state index in [1.54, 1.807) is 12.1 Å². The highest BCUT2D eigenvalue weighted by molar-refractivity contribution is 9.10. The lowest BCUT2D eigenvalue weighted by molar-refractivity contribution is 1.31. The van der Waals surface area contributed by atoms with Crippen molar-refractivity contribution in [3.05, 3.63) is 45.9 Å². The summed E-state index contributed by atoms with van der Waals surface area (Å²) in [6.45, 7) is 0. The van der Waals surface area contributed by atoms with E-state index in [0.717, 1.165) is 10.2 Å². The lowest BCUT2D eigenvalue weighted by atomic mass is 10.3. The summed E-state index contributed by atoms with van der Waals surface area (Å²) in [5.74, 6) is 1.19. The number of nitrogen functional groups attached to an aromatic ring is 1. The Balaban J connectivity index is 2.24. The SMILES string of the molecule is Nc1cccc(Nc2ccc(Cl)c(Br)c2)n1. The van der Waals surface area contributed by atoms with E-state index >= 15 is 0 Å². The highest BCUT2D eigenvalue weighted by Gasteiger charge is 2.00. The van der Waals surface area contributed by atoms with Crippen molar-refractivity contribution >= 4 is 44.9 Å². The first-order valence-electron chi connectivity index (χ1n) is 4.60. The largest absolute Gasteiger partial charge is 0.384 e. The van der Waals surface area contributed by atoms with Crippen molar-refractivity contribution in [3.63, 3.8) is 0 Å². The van der Waals surface area contributed by atoms with Crippen LogP contribution in [0.3, 0.4) is 0 Å². The van der Waals surface area contributed by atoms with E-state index in [1.807, 2.05) is 24.3 Å². The lowest BCUT2D eigenvalue weighted by Gasteiger charge is -2.06. The van der Waals surface area contributed by atoms with Gasteiger partial charge in [-0.1, -0.05) is 17.7 Å². The van der Waals surface area contributed by atoms with E-state index in [2.05, 4.69) is 26.2 Å². The molecule has 0 radical (unpaired) electrons. The molecule has 0 fully saturated rings. The molecule has 0 aliphatic carbocycles. The fourth-order valence-electron chi connectivity index (χ4n) is 1.24. The van der Waals surface area contributed by atoms with Gasteiger partial charge in [0.2, 0.25) is 0 Å². The van der Waals surface area contributed by atoms with Gasteiger partial charge in [0.1, 0.15) is 11.6 Å². The highest BCUT2D eigenvalue weighted by Crippen LogP contribution is 2.26. The molecule has 0 atom stereocenters. The first kappa shape index (κ1) is 11.2. The number of anilines is 3. The van der Waals surface area contributed by atoms with Crippen molar-refractivity contribution in [2.75, 3.05) is 11.1 Å². The molecule has 1 aromatic heterocycles. The summed E-state index contributed by atoms with van der Waals surface area (Å²) in [6, 6.07) is 11.0. The Morgan fingerprint density at radius 1 is 1.25 bits per heavy atom. The van der Waals surface area contributed by atoms with Crippen LogP contribution >= 0.6 is 27.5 Å². The lowest BCUT2D eigenvalue weighted by Crippen LogP contribution is -1.96. The summed E-state index contributed by atoms with van der Waals surface area (Å²) in [6.07, 6.45) is 0. The molecule has 0 unspecified atom stereocenters. The van der Waals surface area contributed by atoms with Crippen molar-refractivity contribution in [2.24, 2.45) is 0 Å². The third kappa shape index (κ3) is 2.65. The maximum atomic E-state index is 5.90. The van der Waals surface area contributed by atoms with Crippen molar-refractivity contribution in [2.45, 2.75) is 0 Å². The Kier molecular flexibility index (Phi) is 3.31. The van der Waals surface area contributed by atoms with Crippen molar-refractivity contribution in [1.29, 1.82) is 0 Å². The van der Waals surface area contributed by atoms with Crippen LogP contribution in [0.15, 0.2) is 40.9 Å². The zero-order chi connectivity index (χ0) is 11.5. The van der Waals surface area contributed by atoms with Crippen molar-refractivity contribution < 1.29 is 0 Å². The average molecular weight is 299 g/mol. The Morgan fingerprint density at radius 3 is 2.75 bits per heavy atom. The standard InChI is InChI=1S/C11H9BrClN3/c12-8-6-7(4-5-9(8)13)15-11-3-1-2-10(14)16-11/h1-6H,(H3,14,15,16). The second-order valence-corrected chi connectivity index (χ2v) is 4.46. The fourth-order valence-corrected chi connectivity index (χ4v) is 1.74. The molecule has 1 aromatic carbocycles. The second-order valence-electron chi connectivity index (χ2n) is 3.20. The van der Waals surface area contributed by atoms with E-state index in [9.17, 15) is 0 Å². The summed E-state index contributed by atoms with van der Waals surface area (Å²) in [5, 5.41) is 3.81. The van der Waals surface area contributed by atoms with Gasteiger partial charge in [0, 0.05) is 10.2 Å². The van der Waals surface area contributed by atoms with Gasteiger partial charge in [0.05, 0.1) is 5.02 Å². The van der Waals surface area contributed by atoms with Crippen molar-refractivity contribution in [3.8, 4) is 0 Å². The number of aromatic nitrogens is 1. The summed E-state index contributed by atoms with van der Waals surface area (Å²) >= 11 is 9.26. The maximum Gasteiger partial charge on any atom is 0.132 e. The Morgan fingerprint density at radius 2 is 2.06 bits per heavy atom. The van der Waals surface area contributed by atoms with Gasteiger partial charge in [-0.15, -0.1) is 0 Å². The molecule has 2 aromatic rings. The smallest absolute Gasteiger partial charge is 0.132 e. The number of benzene rings is 1. The molecule has 0 aliphatic rings. The minimum atomic E-state index is 0.484. The number of nitrogens with one attached hydrogen (secondary N) is 1. The van der Waals surface area contributed by atoms with Gasteiger partial charge in [0.25, 0.3) is 0 Å². The molecule has 0 bridgehead atoms. The topological polar surface area (TPSA) is 50.9 Å². The van der Waals surface area contributed by atoms with Crippen LogP contribution in [0.25, 0.3) is 0 Å². The van der Waals surface area contributed by atoms with Gasteiger partial charge in [0.15, 0.2) is 0 Å². The number of nitrogens with zero attached hydrogens (tertiary/aromatic N) is 1. The van der Waals surface area contributed by atoms with Crippen molar-refractivity contribution in [1.82, 2.24) is 4.98 Å². The monoisotopic (exact) mass is 297 g/mol. The second kappa shape index (κ2) is 4.72. The Hall–Kier alpha value is -1.26. The van der Waals surface area contributed by atoms with Crippen LogP contribution in [0, 0.1) is 0 Å². The maximum absolute atomic E-state index is 5.90. The van der Waals surface area contributed by atoms with Gasteiger partial charge >= 0.3 is 0 Å². The first-order valence-corrected chi connectivity index (χ1v) is 5.77. The Bertz CT molecular complexity index is 516. The van der Waals surface area contributed by atoms with Gasteiger partial charge < -0.3 is 11.1 Å². The summed E-state index contributed by atoms with van der Waals surface area (Å²) in [5.41, 5.74) is 6.48. The van der Waals surface area contributed by atoms with E-state index in [-0.39, 0.29) is 0 Å². The first-order chi connectivity index (χ1) is 7.65. The molecular formula is C11H9BrClN3. The Labute approximate surface area is 107 Å². The van der Waals surface area contributed by atoms with Gasteiger partial charge in [-0.25, -0.2) is 4.98 Å². The molecule has 0 aliphatic heterocycles. The molecule has 5 heteroatoms. The van der Waals surface area contributed by atoms with E-state index < -0.39 is 0 Å². The third-order valence-electron chi connectivity index (χ3n) is 1.96. The number of nitrogens with two attached hydrogens (primary N) is 1. The predicted molar refractivity (Wildman–Crippen MR) is 71.1 cm³/mol. The van der Waals surface area contributed by atoms with Gasteiger partial charge in [-0.3, -0.25) is 0 Å². The number of hydrogen-bond donors (Lipinski definition) is 2. The highest BCUT2D eigenvalue weighted by atomic mass is 79.9. The minimum Gasteiger partial charge on any atom is -0.384 e. The molecule has 0 spiro atoms.